The number of hydrogen-bond acceptors (Lipinski definition) is 6. The van der Waals surface area contributed by atoms with Crippen LogP contribution in [-0.4, -0.2) is 28.0 Å². The second-order valence-corrected chi connectivity index (χ2v) is 6.34. The van der Waals surface area contributed by atoms with E-state index in [0.29, 0.717) is 21.5 Å². The first kappa shape index (κ1) is 19.5. The van der Waals surface area contributed by atoms with E-state index in [1.54, 1.807) is 42.5 Å². The molecule has 3 rings (SSSR count). The topological polar surface area (TPSA) is 109 Å². The minimum absolute atomic E-state index is 0.240. The van der Waals surface area contributed by atoms with E-state index >= 15 is 0 Å². The molecule has 0 saturated carbocycles. The van der Waals surface area contributed by atoms with Crippen LogP contribution >= 0.6 is 23.2 Å². The van der Waals surface area contributed by atoms with Gasteiger partial charge in [-0.3, -0.25) is 15.2 Å². The number of H-pyrrole nitrogens is 1. The highest BCUT2D eigenvalue weighted by Gasteiger charge is 2.16. The Morgan fingerprint density at radius 2 is 1.96 bits per heavy atom. The normalized spacial score (nSPS) is 11.0. The molecule has 10 heteroatoms. The number of aromatic amines is 1. The molecule has 0 aliphatic rings. The number of methoxy groups -OCH3 is 1. The van der Waals surface area contributed by atoms with Gasteiger partial charge in [-0.15, -0.1) is 0 Å². The summed E-state index contributed by atoms with van der Waals surface area (Å²) in [6, 6.07) is 11.3. The molecule has 0 unspecified atom stereocenters. The van der Waals surface area contributed by atoms with Crippen molar-refractivity contribution in [2.24, 2.45) is 5.10 Å². The fraction of sp³-hybridized carbons (Fsp3) is 0.0556. The molecule has 3 N–H and O–H groups in total. The third-order valence-corrected chi connectivity index (χ3v) is 4.32. The maximum atomic E-state index is 12.3. The van der Waals surface area contributed by atoms with Crippen LogP contribution in [0.25, 0.3) is 5.69 Å². The molecule has 28 heavy (non-hydrogen) atoms. The molecular weight excluding hydrogens is 407 g/mol. The van der Waals surface area contributed by atoms with Crippen LogP contribution in [0.2, 0.25) is 10.0 Å². The Morgan fingerprint density at radius 1 is 1.21 bits per heavy atom. The molecule has 0 bridgehead atoms. The SMILES string of the molecule is COc1ccccc1-n1c(O)c(C=NNc2cc(Cl)ccc2Cl)c(=O)[nH]c1=O. The lowest BCUT2D eigenvalue weighted by atomic mass is 10.2. The lowest BCUT2D eigenvalue weighted by Gasteiger charge is -2.12. The van der Waals surface area contributed by atoms with Crippen molar-refractivity contribution in [3.63, 3.8) is 0 Å². The second kappa shape index (κ2) is 8.20. The zero-order valence-corrected chi connectivity index (χ0v) is 16.0. The van der Waals surface area contributed by atoms with Crippen LogP contribution in [0.3, 0.4) is 0 Å². The van der Waals surface area contributed by atoms with Crippen LogP contribution in [0, 0.1) is 0 Å². The molecule has 3 aromatic rings. The lowest BCUT2D eigenvalue weighted by Crippen LogP contribution is -2.31. The summed E-state index contributed by atoms with van der Waals surface area (Å²) < 4.78 is 6.12. The van der Waals surface area contributed by atoms with Gasteiger partial charge in [-0.25, -0.2) is 9.36 Å². The highest BCUT2D eigenvalue weighted by molar-refractivity contribution is 6.35. The van der Waals surface area contributed by atoms with Crippen molar-refractivity contribution in [2.45, 2.75) is 0 Å². The van der Waals surface area contributed by atoms with Gasteiger partial charge in [0.25, 0.3) is 5.56 Å². The number of halogens is 2. The third kappa shape index (κ3) is 3.88. The van der Waals surface area contributed by atoms with Gasteiger partial charge in [-0.1, -0.05) is 35.3 Å². The van der Waals surface area contributed by atoms with Crippen LogP contribution < -0.4 is 21.4 Å². The molecule has 0 spiro atoms. The Hall–Kier alpha value is -3.23. The first-order valence-corrected chi connectivity index (χ1v) is 8.63. The van der Waals surface area contributed by atoms with Crippen LogP contribution in [-0.2, 0) is 0 Å². The number of anilines is 1. The maximum Gasteiger partial charge on any atom is 0.335 e. The number of hydrazone groups is 1. The van der Waals surface area contributed by atoms with Crippen molar-refractivity contribution in [3.05, 3.63) is 78.9 Å². The molecule has 0 aliphatic carbocycles. The average Bonchev–Trinajstić information content (AvgIpc) is 2.67. The average molecular weight is 421 g/mol. The van der Waals surface area contributed by atoms with Crippen LogP contribution in [0.5, 0.6) is 11.6 Å². The molecule has 0 amide bonds. The van der Waals surface area contributed by atoms with Crippen molar-refractivity contribution in [2.75, 3.05) is 12.5 Å². The van der Waals surface area contributed by atoms with E-state index in [1.807, 2.05) is 0 Å². The summed E-state index contributed by atoms with van der Waals surface area (Å²) in [5.74, 6) is -0.264. The summed E-state index contributed by atoms with van der Waals surface area (Å²) in [5.41, 5.74) is 1.41. The molecule has 1 heterocycles. The Balaban J connectivity index is 2.04. The third-order valence-electron chi connectivity index (χ3n) is 3.75. The summed E-state index contributed by atoms with van der Waals surface area (Å²) in [7, 11) is 1.42. The molecule has 0 saturated heterocycles. The van der Waals surface area contributed by atoms with E-state index in [4.69, 9.17) is 27.9 Å². The molecule has 0 fully saturated rings. The maximum absolute atomic E-state index is 12.3. The zero-order chi connectivity index (χ0) is 20.3. The second-order valence-electron chi connectivity index (χ2n) is 5.50. The van der Waals surface area contributed by atoms with Gasteiger partial charge in [-0.2, -0.15) is 5.10 Å². The molecule has 0 aliphatic heterocycles. The van der Waals surface area contributed by atoms with Gasteiger partial charge in [-0.05, 0) is 30.3 Å². The number of nitrogens with zero attached hydrogens (tertiary/aromatic N) is 2. The number of nitrogens with one attached hydrogen (secondary N) is 2. The Bertz CT molecular complexity index is 1170. The predicted molar refractivity (Wildman–Crippen MR) is 109 cm³/mol. The van der Waals surface area contributed by atoms with Crippen molar-refractivity contribution >= 4 is 35.1 Å². The Labute approximate surface area is 168 Å². The van der Waals surface area contributed by atoms with Crippen LogP contribution in [0.1, 0.15) is 5.56 Å². The van der Waals surface area contributed by atoms with E-state index < -0.39 is 17.1 Å². The van der Waals surface area contributed by atoms with Gasteiger partial charge < -0.3 is 9.84 Å². The fourth-order valence-corrected chi connectivity index (χ4v) is 2.77. The molecule has 0 radical (unpaired) electrons. The Kier molecular flexibility index (Phi) is 5.72. The number of aromatic nitrogens is 2. The van der Waals surface area contributed by atoms with Crippen LogP contribution in [0.15, 0.2) is 57.2 Å². The van der Waals surface area contributed by atoms with Gasteiger partial charge in [0.05, 0.1) is 29.7 Å². The van der Waals surface area contributed by atoms with Crippen molar-refractivity contribution in [1.82, 2.24) is 9.55 Å². The molecule has 1 aromatic heterocycles. The molecule has 144 valence electrons. The first-order valence-electron chi connectivity index (χ1n) is 7.88. The number of hydrogen-bond donors (Lipinski definition) is 3. The van der Waals surface area contributed by atoms with E-state index in [0.717, 1.165) is 10.8 Å². The summed E-state index contributed by atoms with van der Waals surface area (Å²) in [6.45, 7) is 0. The monoisotopic (exact) mass is 420 g/mol. The van der Waals surface area contributed by atoms with Gasteiger partial charge in [0.2, 0.25) is 5.88 Å². The standard InChI is InChI=1S/C18H14Cl2N4O4/c1-28-15-5-3-2-4-14(15)24-17(26)11(16(25)22-18(24)27)9-21-23-13-8-10(19)6-7-12(13)20/h2-9,23,26H,1H3,(H,22,25,27). The van der Waals surface area contributed by atoms with Crippen LogP contribution in [0.4, 0.5) is 5.69 Å². The van der Waals surface area contributed by atoms with Crippen molar-refractivity contribution in [1.29, 1.82) is 0 Å². The van der Waals surface area contributed by atoms with Gasteiger partial charge in [0.15, 0.2) is 0 Å². The van der Waals surface area contributed by atoms with E-state index in [1.165, 1.54) is 7.11 Å². The predicted octanol–water partition coefficient (Wildman–Crippen LogP) is 2.99. The zero-order valence-electron chi connectivity index (χ0n) is 14.4. The molecule has 2 aromatic carbocycles. The number of rotatable bonds is 5. The number of aromatic hydroxyl groups is 1. The van der Waals surface area contributed by atoms with Gasteiger partial charge in [0, 0.05) is 5.02 Å². The summed E-state index contributed by atoms with van der Waals surface area (Å²) in [5, 5.41) is 15.2. The molecule has 0 atom stereocenters. The van der Waals surface area contributed by atoms with Crippen molar-refractivity contribution < 1.29 is 9.84 Å². The van der Waals surface area contributed by atoms with Gasteiger partial charge in [0.1, 0.15) is 11.3 Å². The molecule has 8 nitrogen and oxygen atoms in total. The number of ether oxygens (including phenoxy) is 1. The highest BCUT2D eigenvalue weighted by atomic mass is 35.5. The lowest BCUT2D eigenvalue weighted by molar-refractivity contribution is 0.401. The van der Waals surface area contributed by atoms with E-state index in [2.05, 4.69) is 15.5 Å². The minimum Gasteiger partial charge on any atom is -0.495 e. The number of benzene rings is 2. The summed E-state index contributed by atoms with van der Waals surface area (Å²) in [4.78, 5) is 26.5. The van der Waals surface area contributed by atoms with E-state index in [-0.39, 0.29) is 11.3 Å². The summed E-state index contributed by atoms with van der Waals surface area (Å²) in [6.07, 6.45) is 1.07. The Morgan fingerprint density at radius 3 is 2.71 bits per heavy atom. The summed E-state index contributed by atoms with van der Waals surface area (Å²) >= 11 is 11.9. The quantitative estimate of drug-likeness (QED) is 0.434. The smallest absolute Gasteiger partial charge is 0.335 e. The minimum atomic E-state index is -0.824. The van der Waals surface area contributed by atoms with Gasteiger partial charge >= 0.3 is 5.69 Å². The number of para-hydroxylation sites is 2. The molecular formula is C18H14Cl2N4O4. The first-order chi connectivity index (χ1) is 13.4. The van der Waals surface area contributed by atoms with E-state index in [9.17, 15) is 14.7 Å². The largest absolute Gasteiger partial charge is 0.495 e. The van der Waals surface area contributed by atoms with Crippen molar-refractivity contribution in [3.8, 4) is 17.3 Å². The highest BCUT2D eigenvalue weighted by Crippen LogP contribution is 2.26. The fourth-order valence-electron chi connectivity index (χ4n) is 2.44.